The summed E-state index contributed by atoms with van der Waals surface area (Å²) in [4.78, 5) is 45.4. The molecule has 4 amide bonds. The summed E-state index contributed by atoms with van der Waals surface area (Å²) in [7, 11) is 0. The van der Waals surface area contributed by atoms with Crippen LogP contribution in [0.3, 0.4) is 0 Å². The number of nitrogens with zero attached hydrogens (tertiary/aromatic N) is 1. The average Bonchev–Trinajstić information content (AvgIpc) is 2.23. The minimum Gasteiger partial charge on any atom is -0.480 e. The highest BCUT2D eigenvalue weighted by molar-refractivity contribution is 5.91. The van der Waals surface area contributed by atoms with E-state index in [4.69, 9.17) is 16.6 Å². The highest BCUT2D eigenvalue weighted by Gasteiger charge is 2.28. The summed E-state index contributed by atoms with van der Waals surface area (Å²) in [5.41, 5.74) is 9.95. The van der Waals surface area contributed by atoms with Gasteiger partial charge in [0.1, 0.15) is 19.1 Å². The summed E-state index contributed by atoms with van der Waals surface area (Å²) in [6.07, 6.45) is 0.261. The van der Waals surface area contributed by atoms with Crippen molar-refractivity contribution in [3.8, 4) is 0 Å². The summed E-state index contributed by atoms with van der Waals surface area (Å²) >= 11 is 0. The number of carboxylic acid groups (broad SMARTS) is 1. The number of carbonyl (C=O) groups is 4. The minimum atomic E-state index is -1.29. The average molecular weight is 288 g/mol. The monoisotopic (exact) mass is 288 g/mol. The fourth-order valence-corrected chi connectivity index (χ4v) is 1.65. The maximum atomic E-state index is 12.2. The van der Waals surface area contributed by atoms with Gasteiger partial charge in [-0.05, 0) is 12.3 Å². The molecule has 0 aromatic heterocycles. The van der Waals surface area contributed by atoms with Crippen molar-refractivity contribution in [3.63, 3.8) is 0 Å². The van der Waals surface area contributed by atoms with Crippen molar-refractivity contribution in [1.82, 2.24) is 10.2 Å². The molecule has 9 heteroatoms. The van der Waals surface area contributed by atoms with Gasteiger partial charge in [-0.3, -0.25) is 14.4 Å². The Balaban J connectivity index is 5.05. The molecule has 20 heavy (non-hydrogen) atoms. The van der Waals surface area contributed by atoms with Gasteiger partial charge in [-0.2, -0.15) is 0 Å². The van der Waals surface area contributed by atoms with Crippen LogP contribution in [0.1, 0.15) is 20.3 Å². The predicted molar refractivity (Wildman–Crippen MR) is 69.4 cm³/mol. The first-order valence-corrected chi connectivity index (χ1v) is 5.98. The summed E-state index contributed by atoms with van der Waals surface area (Å²) < 4.78 is 0. The van der Waals surface area contributed by atoms with Crippen LogP contribution in [0.4, 0.5) is 4.79 Å². The highest BCUT2D eigenvalue weighted by atomic mass is 16.4. The Bertz CT molecular complexity index is 380. The van der Waals surface area contributed by atoms with Gasteiger partial charge in [0.15, 0.2) is 0 Å². The molecule has 0 saturated heterocycles. The first kappa shape index (κ1) is 17.7. The highest BCUT2D eigenvalue weighted by Crippen LogP contribution is 2.08. The number of urea groups is 1. The van der Waals surface area contributed by atoms with E-state index in [9.17, 15) is 19.2 Å². The zero-order valence-electron chi connectivity index (χ0n) is 11.5. The number of carboxylic acids is 1. The molecule has 0 aliphatic carbocycles. The molecule has 0 aliphatic rings. The molecule has 114 valence electrons. The van der Waals surface area contributed by atoms with Crippen molar-refractivity contribution >= 4 is 23.8 Å². The van der Waals surface area contributed by atoms with Gasteiger partial charge >= 0.3 is 12.0 Å². The van der Waals surface area contributed by atoms with Crippen LogP contribution >= 0.6 is 0 Å². The summed E-state index contributed by atoms with van der Waals surface area (Å²) in [5.74, 6) is -2.79. The van der Waals surface area contributed by atoms with Gasteiger partial charge in [-0.15, -0.1) is 0 Å². The lowest BCUT2D eigenvalue weighted by Crippen LogP contribution is -2.53. The SMILES string of the molecule is CC(C)CC(NC(N)=O)C(=O)N(CC(N)=O)CC(=O)O. The molecule has 0 radical (unpaired) electrons. The second-order valence-corrected chi connectivity index (χ2v) is 4.75. The van der Waals surface area contributed by atoms with E-state index in [1.807, 2.05) is 13.8 Å². The molecule has 0 aromatic rings. The van der Waals surface area contributed by atoms with Gasteiger partial charge in [-0.1, -0.05) is 13.8 Å². The molecule has 0 spiro atoms. The zero-order chi connectivity index (χ0) is 15.9. The van der Waals surface area contributed by atoms with Gasteiger partial charge in [0.05, 0.1) is 0 Å². The van der Waals surface area contributed by atoms with E-state index in [0.29, 0.717) is 0 Å². The number of aliphatic carboxylic acids is 1. The van der Waals surface area contributed by atoms with Crippen LogP contribution in [0, 0.1) is 5.92 Å². The number of rotatable bonds is 8. The first-order chi connectivity index (χ1) is 9.13. The number of nitrogens with two attached hydrogens (primary N) is 2. The van der Waals surface area contributed by atoms with Crippen molar-refractivity contribution < 1.29 is 24.3 Å². The van der Waals surface area contributed by atoms with Gasteiger partial charge in [0.25, 0.3) is 0 Å². The summed E-state index contributed by atoms with van der Waals surface area (Å²) in [6, 6.07) is -1.90. The second kappa shape index (κ2) is 7.97. The maximum Gasteiger partial charge on any atom is 0.323 e. The molecule has 1 atom stereocenters. The molecular formula is C11H20N4O5. The number of amides is 4. The van der Waals surface area contributed by atoms with Crippen LogP contribution in [0.15, 0.2) is 0 Å². The minimum absolute atomic E-state index is 0.0519. The largest absolute Gasteiger partial charge is 0.480 e. The Morgan fingerprint density at radius 1 is 1.15 bits per heavy atom. The van der Waals surface area contributed by atoms with E-state index in [0.717, 1.165) is 4.90 Å². The lowest BCUT2D eigenvalue weighted by atomic mass is 10.0. The van der Waals surface area contributed by atoms with Crippen molar-refractivity contribution in [2.45, 2.75) is 26.3 Å². The lowest BCUT2D eigenvalue weighted by molar-refractivity contribution is -0.146. The molecule has 0 aliphatic heterocycles. The third-order valence-electron chi connectivity index (χ3n) is 2.31. The third kappa shape index (κ3) is 7.19. The fraction of sp³-hybridized carbons (Fsp3) is 0.636. The number of carbonyl (C=O) groups excluding carboxylic acids is 3. The number of nitrogens with one attached hydrogen (secondary N) is 1. The van der Waals surface area contributed by atoms with Crippen molar-refractivity contribution in [3.05, 3.63) is 0 Å². The first-order valence-electron chi connectivity index (χ1n) is 5.98. The fourth-order valence-electron chi connectivity index (χ4n) is 1.65. The topological polar surface area (TPSA) is 156 Å². The lowest BCUT2D eigenvalue weighted by Gasteiger charge is -2.26. The molecule has 0 aromatic carbocycles. The normalized spacial score (nSPS) is 11.8. The summed E-state index contributed by atoms with van der Waals surface area (Å²) in [5, 5.41) is 11.0. The van der Waals surface area contributed by atoms with E-state index < -0.39 is 42.9 Å². The Kier molecular flexibility index (Phi) is 7.05. The zero-order valence-corrected chi connectivity index (χ0v) is 11.5. The smallest absolute Gasteiger partial charge is 0.323 e. The Morgan fingerprint density at radius 3 is 2.05 bits per heavy atom. The number of primary amides is 2. The Morgan fingerprint density at radius 2 is 1.70 bits per heavy atom. The van der Waals surface area contributed by atoms with E-state index in [1.165, 1.54) is 0 Å². The van der Waals surface area contributed by atoms with Crippen molar-refractivity contribution in [1.29, 1.82) is 0 Å². The van der Waals surface area contributed by atoms with Crippen molar-refractivity contribution in [2.75, 3.05) is 13.1 Å². The molecule has 0 bridgehead atoms. The number of hydrogen-bond acceptors (Lipinski definition) is 4. The molecular weight excluding hydrogens is 268 g/mol. The molecule has 6 N–H and O–H groups in total. The van der Waals surface area contributed by atoms with Crippen LogP contribution in [-0.2, 0) is 14.4 Å². The molecule has 1 unspecified atom stereocenters. The quantitative estimate of drug-likeness (QED) is 0.426. The molecule has 0 heterocycles. The van der Waals surface area contributed by atoms with Gasteiger partial charge in [0, 0.05) is 0 Å². The van der Waals surface area contributed by atoms with Gasteiger partial charge in [-0.25, -0.2) is 4.79 Å². The van der Waals surface area contributed by atoms with Crippen molar-refractivity contribution in [2.24, 2.45) is 17.4 Å². The molecule has 0 saturated carbocycles. The Hall–Kier alpha value is -2.32. The van der Waals surface area contributed by atoms with E-state index in [1.54, 1.807) is 0 Å². The van der Waals surface area contributed by atoms with Crippen LogP contribution < -0.4 is 16.8 Å². The van der Waals surface area contributed by atoms with Crippen LogP contribution in [-0.4, -0.2) is 53.0 Å². The van der Waals surface area contributed by atoms with Crippen LogP contribution in [0.2, 0.25) is 0 Å². The van der Waals surface area contributed by atoms with Crippen LogP contribution in [0.25, 0.3) is 0 Å². The van der Waals surface area contributed by atoms with E-state index >= 15 is 0 Å². The van der Waals surface area contributed by atoms with E-state index in [-0.39, 0.29) is 12.3 Å². The summed E-state index contributed by atoms with van der Waals surface area (Å²) in [6.45, 7) is 2.41. The second-order valence-electron chi connectivity index (χ2n) is 4.75. The van der Waals surface area contributed by atoms with Gasteiger partial charge in [0.2, 0.25) is 11.8 Å². The van der Waals surface area contributed by atoms with E-state index in [2.05, 4.69) is 5.32 Å². The number of hydrogen-bond donors (Lipinski definition) is 4. The van der Waals surface area contributed by atoms with Crippen LogP contribution in [0.5, 0.6) is 0 Å². The third-order valence-corrected chi connectivity index (χ3v) is 2.31. The molecule has 0 fully saturated rings. The standard InChI is InChI=1S/C11H20N4O5/c1-6(2)3-7(14-11(13)20)10(19)15(4-8(12)16)5-9(17)18/h6-7H,3-5H2,1-2H3,(H2,12,16)(H,17,18)(H3,13,14,20). The molecule has 0 rings (SSSR count). The maximum absolute atomic E-state index is 12.2. The predicted octanol–water partition coefficient (Wildman–Crippen LogP) is -1.53. The Labute approximate surface area is 116 Å². The van der Waals surface area contributed by atoms with Gasteiger partial charge < -0.3 is 26.8 Å². The molecule has 9 nitrogen and oxygen atoms in total.